The molecule has 2 N–H and O–H groups in total. The van der Waals surface area contributed by atoms with E-state index in [1.165, 1.54) is 4.52 Å². The Morgan fingerprint density at radius 1 is 1.16 bits per heavy atom. The van der Waals surface area contributed by atoms with Crippen LogP contribution < -0.4 is 5.32 Å². The van der Waals surface area contributed by atoms with Gasteiger partial charge in [-0.2, -0.15) is 4.98 Å². The zero-order chi connectivity index (χ0) is 18.0. The minimum Gasteiger partial charge on any atom is -0.481 e. The van der Waals surface area contributed by atoms with Gasteiger partial charge in [0.25, 0.3) is 11.7 Å². The van der Waals surface area contributed by atoms with Gasteiger partial charge in [0, 0.05) is 17.4 Å². The molecule has 0 saturated heterocycles. The molecule has 1 saturated carbocycles. The van der Waals surface area contributed by atoms with Gasteiger partial charge in [0.15, 0.2) is 0 Å². The molecule has 2 heterocycles. The van der Waals surface area contributed by atoms with Crippen LogP contribution in [0.15, 0.2) is 6.07 Å². The maximum Gasteiger partial charge on any atom is 0.308 e. The zero-order valence-electron chi connectivity index (χ0n) is 14.5. The fourth-order valence-corrected chi connectivity index (χ4v) is 3.45. The van der Waals surface area contributed by atoms with Crippen LogP contribution in [0.2, 0.25) is 0 Å². The number of fused-ring (bicyclic) bond motifs is 1. The number of carboxylic acids is 1. The Morgan fingerprint density at radius 3 is 2.60 bits per heavy atom. The molecule has 0 aliphatic heterocycles. The third-order valence-electron chi connectivity index (χ3n) is 4.72. The van der Waals surface area contributed by atoms with Gasteiger partial charge in [0.05, 0.1) is 5.92 Å². The first-order chi connectivity index (χ1) is 12.0. The van der Waals surface area contributed by atoms with Crippen molar-refractivity contribution >= 4 is 17.7 Å². The van der Waals surface area contributed by atoms with Gasteiger partial charge in [-0.15, -0.1) is 5.10 Å². The molecule has 1 fully saturated rings. The van der Waals surface area contributed by atoms with Crippen LogP contribution in [0.5, 0.6) is 0 Å². The van der Waals surface area contributed by atoms with Crippen molar-refractivity contribution in [3.63, 3.8) is 0 Å². The van der Waals surface area contributed by atoms with E-state index in [2.05, 4.69) is 20.4 Å². The fraction of sp³-hybridized carbons (Fsp3) is 0.588. The molecule has 1 aliphatic rings. The number of hydrogen-bond acceptors (Lipinski definition) is 5. The number of nitrogens with one attached hydrogen (secondary N) is 1. The lowest BCUT2D eigenvalue weighted by molar-refractivity contribution is -0.143. The maximum atomic E-state index is 12.6. The Bertz CT molecular complexity index is 801. The van der Waals surface area contributed by atoms with Crippen LogP contribution >= 0.6 is 0 Å². The van der Waals surface area contributed by atoms with Crippen LogP contribution in [0, 0.1) is 19.8 Å². The summed E-state index contributed by atoms with van der Waals surface area (Å²) in [5, 5.41) is 16.6. The molecule has 2 atom stereocenters. The molecule has 8 nitrogen and oxygen atoms in total. The van der Waals surface area contributed by atoms with Gasteiger partial charge in [-0.05, 0) is 32.8 Å². The lowest BCUT2D eigenvalue weighted by atomic mass is 9.87. The van der Waals surface area contributed by atoms with E-state index >= 15 is 0 Å². The number of hydrogen-bond donors (Lipinski definition) is 2. The Labute approximate surface area is 145 Å². The lowest BCUT2D eigenvalue weighted by Gasteiger charge is -2.26. The number of carbonyl (C=O) groups is 2. The van der Waals surface area contributed by atoms with Crippen LogP contribution in [-0.2, 0) is 4.79 Å². The number of aliphatic carboxylic acids is 1. The van der Waals surface area contributed by atoms with Crippen LogP contribution in [0.4, 0.5) is 0 Å². The SMILES string of the molecule is Cc1cc(C)n2nc(C(=O)NC3CCCCCCC3C(=O)O)nc2n1. The molecule has 0 bridgehead atoms. The molecule has 0 spiro atoms. The molecule has 3 rings (SSSR count). The standard InChI is InChI=1S/C17H23N5O3/c1-10-9-11(2)22-17(18-10)20-14(21-22)15(23)19-13-8-6-4-3-5-7-12(13)16(24)25/h9,12-13H,3-8H2,1-2H3,(H,19,23)(H,24,25). The van der Waals surface area contributed by atoms with Gasteiger partial charge in [-0.25, -0.2) is 9.50 Å². The van der Waals surface area contributed by atoms with E-state index in [-0.39, 0.29) is 5.82 Å². The molecule has 0 radical (unpaired) electrons. The lowest BCUT2D eigenvalue weighted by Crippen LogP contribution is -2.44. The number of carboxylic acid groups (broad SMARTS) is 1. The minimum atomic E-state index is -0.858. The van der Waals surface area contributed by atoms with E-state index < -0.39 is 23.8 Å². The van der Waals surface area contributed by atoms with E-state index in [0.717, 1.165) is 37.1 Å². The number of aryl methyl sites for hydroxylation is 2. The summed E-state index contributed by atoms with van der Waals surface area (Å²) in [7, 11) is 0. The average molecular weight is 345 g/mol. The number of rotatable bonds is 3. The Morgan fingerprint density at radius 2 is 1.88 bits per heavy atom. The number of aromatic nitrogens is 4. The van der Waals surface area contributed by atoms with Gasteiger partial charge in [0.2, 0.25) is 5.82 Å². The quantitative estimate of drug-likeness (QED) is 0.879. The first-order valence-electron chi connectivity index (χ1n) is 8.70. The summed E-state index contributed by atoms with van der Waals surface area (Å²) >= 11 is 0. The van der Waals surface area contributed by atoms with Gasteiger partial charge < -0.3 is 10.4 Å². The molecule has 2 aromatic heterocycles. The number of carbonyl (C=O) groups excluding carboxylic acids is 1. The second-order valence-corrected chi connectivity index (χ2v) is 6.70. The minimum absolute atomic E-state index is 0.0207. The summed E-state index contributed by atoms with van der Waals surface area (Å²) in [6.45, 7) is 3.72. The third kappa shape index (κ3) is 3.78. The topological polar surface area (TPSA) is 109 Å². The Hall–Kier alpha value is -2.51. The monoisotopic (exact) mass is 345 g/mol. The van der Waals surface area contributed by atoms with E-state index in [0.29, 0.717) is 18.6 Å². The predicted molar refractivity (Wildman–Crippen MR) is 90.3 cm³/mol. The number of nitrogens with zero attached hydrogens (tertiary/aromatic N) is 4. The summed E-state index contributed by atoms with van der Waals surface area (Å²) in [6.07, 6.45) is 5.13. The first kappa shape index (κ1) is 17.3. The predicted octanol–water partition coefficient (Wildman–Crippen LogP) is 1.89. The molecular weight excluding hydrogens is 322 g/mol. The van der Waals surface area contributed by atoms with Crippen molar-refractivity contribution in [3.05, 3.63) is 23.3 Å². The molecule has 1 amide bonds. The summed E-state index contributed by atoms with van der Waals surface area (Å²) < 4.78 is 1.52. The summed E-state index contributed by atoms with van der Waals surface area (Å²) in [6, 6.07) is 1.46. The van der Waals surface area contributed by atoms with Crippen molar-refractivity contribution in [1.82, 2.24) is 24.9 Å². The van der Waals surface area contributed by atoms with Crippen LogP contribution in [0.1, 0.15) is 60.5 Å². The van der Waals surface area contributed by atoms with Gasteiger partial charge in [-0.3, -0.25) is 9.59 Å². The second-order valence-electron chi connectivity index (χ2n) is 6.70. The molecule has 2 aromatic rings. The maximum absolute atomic E-state index is 12.6. The van der Waals surface area contributed by atoms with Crippen molar-refractivity contribution in [3.8, 4) is 0 Å². The van der Waals surface area contributed by atoms with E-state index in [4.69, 9.17) is 0 Å². The third-order valence-corrected chi connectivity index (χ3v) is 4.72. The highest BCUT2D eigenvalue weighted by Gasteiger charge is 2.31. The smallest absolute Gasteiger partial charge is 0.308 e. The Balaban J connectivity index is 1.82. The summed E-state index contributed by atoms with van der Waals surface area (Å²) in [4.78, 5) is 32.6. The molecule has 25 heavy (non-hydrogen) atoms. The summed E-state index contributed by atoms with van der Waals surface area (Å²) in [5.41, 5.74) is 1.64. The molecule has 0 aromatic carbocycles. The number of amides is 1. The second kappa shape index (κ2) is 7.16. The highest BCUT2D eigenvalue weighted by Crippen LogP contribution is 2.23. The van der Waals surface area contributed by atoms with E-state index in [9.17, 15) is 14.7 Å². The van der Waals surface area contributed by atoms with Crippen LogP contribution in [0.3, 0.4) is 0 Å². The highest BCUT2D eigenvalue weighted by atomic mass is 16.4. The van der Waals surface area contributed by atoms with E-state index in [1.54, 1.807) is 0 Å². The van der Waals surface area contributed by atoms with Gasteiger partial charge in [0.1, 0.15) is 0 Å². The van der Waals surface area contributed by atoms with Gasteiger partial charge in [-0.1, -0.05) is 25.7 Å². The largest absolute Gasteiger partial charge is 0.481 e. The average Bonchev–Trinajstić information content (AvgIpc) is 2.94. The molecule has 8 heteroatoms. The van der Waals surface area contributed by atoms with Crippen molar-refractivity contribution in [1.29, 1.82) is 0 Å². The first-order valence-corrected chi connectivity index (χ1v) is 8.70. The van der Waals surface area contributed by atoms with Gasteiger partial charge >= 0.3 is 5.97 Å². The molecule has 1 aliphatic carbocycles. The summed E-state index contributed by atoms with van der Waals surface area (Å²) in [5.74, 6) is -1.48. The Kier molecular flexibility index (Phi) is 4.96. The molecule has 2 unspecified atom stereocenters. The van der Waals surface area contributed by atoms with Crippen LogP contribution in [0.25, 0.3) is 5.78 Å². The zero-order valence-corrected chi connectivity index (χ0v) is 14.5. The molecule has 134 valence electrons. The van der Waals surface area contributed by atoms with Crippen molar-refractivity contribution < 1.29 is 14.7 Å². The van der Waals surface area contributed by atoms with Crippen molar-refractivity contribution in [2.45, 2.75) is 58.4 Å². The molecular formula is C17H23N5O3. The van der Waals surface area contributed by atoms with E-state index in [1.807, 2.05) is 19.9 Å². The van der Waals surface area contributed by atoms with Crippen molar-refractivity contribution in [2.24, 2.45) is 5.92 Å². The van der Waals surface area contributed by atoms with Crippen LogP contribution in [-0.4, -0.2) is 42.6 Å². The fourth-order valence-electron chi connectivity index (χ4n) is 3.45. The highest BCUT2D eigenvalue weighted by molar-refractivity contribution is 5.91. The normalized spacial score (nSPS) is 21.5. The van der Waals surface area contributed by atoms with Crippen molar-refractivity contribution in [2.75, 3.05) is 0 Å².